The monoisotopic (exact) mass is 248 g/mol. The van der Waals surface area contributed by atoms with Crippen LogP contribution >= 0.6 is 0 Å². The van der Waals surface area contributed by atoms with Crippen LogP contribution in [0.25, 0.3) is 0 Å². The van der Waals surface area contributed by atoms with Gasteiger partial charge in [0.05, 0.1) is 6.54 Å². The van der Waals surface area contributed by atoms with Gasteiger partial charge in [-0.1, -0.05) is 39.0 Å². The number of carbonyl (C=O) groups is 1. The quantitative estimate of drug-likeness (QED) is 0.779. The van der Waals surface area contributed by atoms with E-state index in [1.165, 1.54) is 11.1 Å². The van der Waals surface area contributed by atoms with Gasteiger partial charge in [0.15, 0.2) is 0 Å². The van der Waals surface area contributed by atoms with Crippen molar-refractivity contribution in [2.45, 2.75) is 40.0 Å². The molecule has 0 unspecified atom stereocenters. The van der Waals surface area contributed by atoms with Crippen LogP contribution in [0.3, 0.4) is 0 Å². The molecular weight excluding hydrogens is 224 g/mol. The lowest BCUT2D eigenvalue weighted by molar-refractivity contribution is -0.119. The molecule has 1 rings (SSSR count). The fourth-order valence-corrected chi connectivity index (χ4v) is 1.97. The molecule has 0 aliphatic rings. The molecule has 0 heterocycles. The van der Waals surface area contributed by atoms with E-state index < -0.39 is 0 Å². The maximum absolute atomic E-state index is 11.6. The molecule has 0 atom stereocenters. The van der Waals surface area contributed by atoms with Gasteiger partial charge in [-0.15, -0.1) is 0 Å². The second-order valence-electron chi connectivity index (χ2n) is 4.36. The molecule has 0 saturated carbocycles. The lowest BCUT2D eigenvalue weighted by Gasteiger charge is -2.15. The van der Waals surface area contributed by atoms with Crippen molar-refractivity contribution in [3.8, 4) is 0 Å². The van der Waals surface area contributed by atoms with Crippen LogP contribution in [0.15, 0.2) is 18.2 Å². The summed E-state index contributed by atoms with van der Waals surface area (Å²) in [4.78, 5) is 11.6. The highest BCUT2D eigenvalue weighted by Crippen LogP contribution is 2.22. The molecule has 1 aromatic carbocycles. The summed E-state index contributed by atoms with van der Waals surface area (Å²) in [5.74, 6) is 0.0600. The molecule has 0 aromatic heterocycles. The van der Waals surface area contributed by atoms with Crippen LogP contribution in [0.5, 0.6) is 0 Å². The van der Waals surface area contributed by atoms with E-state index in [-0.39, 0.29) is 5.91 Å². The molecule has 0 radical (unpaired) electrons. The van der Waals surface area contributed by atoms with Gasteiger partial charge in [0.2, 0.25) is 5.91 Å². The minimum Gasteiger partial charge on any atom is -0.376 e. The molecule has 3 nitrogen and oxygen atoms in total. The summed E-state index contributed by atoms with van der Waals surface area (Å²) in [5.41, 5.74) is 3.68. The van der Waals surface area contributed by atoms with Crippen LogP contribution in [0, 0.1) is 0 Å². The van der Waals surface area contributed by atoms with Crippen molar-refractivity contribution in [1.29, 1.82) is 0 Å². The molecule has 0 bridgehead atoms. The molecular formula is C15H24N2O. The first-order valence-electron chi connectivity index (χ1n) is 6.84. The number of rotatable bonds is 7. The zero-order valence-electron chi connectivity index (χ0n) is 11.7. The summed E-state index contributed by atoms with van der Waals surface area (Å²) < 4.78 is 0. The van der Waals surface area contributed by atoms with Crippen LogP contribution in [0.2, 0.25) is 0 Å². The first kappa shape index (κ1) is 14.6. The fourth-order valence-electron chi connectivity index (χ4n) is 1.97. The Morgan fingerprint density at radius 2 is 1.72 bits per heavy atom. The van der Waals surface area contributed by atoms with Gasteiger partial charge in [0.1, 0.15) is 0 Å². The Bertz CT molecular complexity index is 366. The third-order valence-corrected chi connectivity index (χ3v) is 3.00. The van der Waals surface area contributed by atoms with Crippen LogP contribution in [-0.2, 0) is 17.6 Å². The lowest BCUT2D eigenvalue weighted by Crippen LogP contribution is -2.30. The first-order chi connectivity index (χ1) is 8.72. The Balaban J connectivity index is 2.68. The Labute approximate surface area is 110 Å². The van der Waals surface area contributed by atoms with Gasteiger partial charge >= 0.3 is 0 Å². The summed E-state index contributed by atoms with van der Waals surface area (Å²) in [6.45, 7) is 7.42. The third-order valence-electron chi connectivity index (χ3n) is 3.00. The van der Waals surface area contributed by atoms with Crippen molar-refractivity contribution in [3.63, 3.8) is 0 Å². The molecule has 100 valence electrons. The number of hydrogen-bond donors (Lipinski definition) is 2. The highest BCUT2D eigenvalue weighted by Gasteiger charge is 2.07. The molecule has 1 aromatic rings. The van der Waals surface area contributed by atoms with Crippen LogP contribution in [0.4, 0.5) is 5.69 Å². The zero-order chi connectivity index (χ0) is 13.4. The van der Waals surface area contributed by atoms with Crippen molar-refractivity contribution >= 4 is 11.6 Å². The summed E-state index contributed by atoms with van der Waals surface area (Å²) >= 11 is 0. The van der Waals surface area contributed by atoms with Gasteiger partial charge in [-0.3, -0.25) is 4.79 Å². The second kappa shape index (κ2) is 7.75. The summed E-state index contributed by atoms with van der Waals surface area (Å²) in [6, 6.07) is 6.32. The van der Waals surface area contributed by atoms with Gasteiger partial charge in [-0.25, -0.2) is 0 Å². The van der Waals surface area contributed by atoms with Gasteiger partial charge in [-0.2, -0.15) is 0 Å². The van der Waals surface area contributed by atoms with E-state index in [4.69, 9.17) is 0 Å². The number of anilines is 1. The maximum Gasteiger partial charge on any atom is 0.239 e. The van der Waals surface area contributed by atoms with E-state index in [1.807, 2.05) is 0 Å². The SMILES string of the molecule is CCCNC(=O)CNc1c(CC)cccc1CC. The maximum atomic E-state index is 11.6. The predicted molar refractivity (Wildman–Crippen MR) is 77.0 cm³/mol. The standard InChI is InChI=1S/C15H24N2O/c1-4-10-16-14(18)11-17-15-12(5-2)8-7-9-13(15)6-3/h7-9,17H,4-6,10-11H2,1-3H3,(H,16,18). The van der Waals surface area contributed by atoms with Crippen molar-refractivity contribution in [3.05, 3.63) is 29.3 Å². The largest absolute Gasteiger partial charge is 0.376 e. The van der Waals surface area contributed by atoms with Crippen molar-refractivity contribution in [1.82, 2.24) is 5.32 Å². The fraction of sp³-hybridized carbons (Fsp3) is 0.533. The number of para-hydroxylation sites is 1. The van der Waals surface area contributed by atoms with Crippen LogP contribution < -0.4 is 10.6 Å². The number of nitrogens with one attached hydrogen (secondary N) is 2. The molecule has 0 fully saturated rings. The van der Waals surface area contributed by atoms with E-state index in [0.717, 1.165) is 31.5 Å². The van der Waals surface area contributed by atoms with Gasteiger partial charge in [0, 0.05) is 12.2 Å². The summed E-state index contributed by atoms with van der Waals surface area (Å²) in [6.07, 6.45) is 2.93. The minimum absolute atomic E-state index is 0.0600. The van der Waals surface area contributed by atoms with Crippen molar-refractivity contribution in [2.75, 3.05) is 18.4 Å². The molecule has 0 aliphatic carbocycles. The number of hydrogen-bond acceptors (Lipinski definition) is 2. The molecule has 1 amide bonds. The number of carbonyl (C=O) groups excluding carboxylic acids is 1. The molecule has 0 aliphatic heterocycles. The van der Waals surface area contributed by atoms with Gasteiger partial charge in [0.25, 0.3) is 0 Å². The first-order valence-corrected chi connectivity index (χ1v) is 6.84. The molecule has 3 heteroatoms. The van der Waals surface area contributed by atoms with Crippen molar-refractivity contribution in [2.24, 2.45) is 0 Å². The average Bonchev–Trinajstić information content (AvgIpc) is 2.42. The van der Waals surface area contributed by atoms with Crippen molar-refractivity contribution < 1.29 is 4.79 Å². The Morgan fingerprint density at radius 3 is 2.22 bits per heavy atom. The molecule has 18 heavy (non-hydrogen) atoms. The lowest BCUT2D eigenvalue weighted by atomic mass is 10.0. The highest BCUT2D eigenvalue weighted by molar-refractivity contribution is 5.81. The molecule has 0 spiro atoms. The van der Waals surface area contributed by atoms with E-state index in [1.54, 1.807) is 0 Å². The van der Waals surface area contributed by atoms with Crippen LogP contribution in [-0.4, -0.2) is 19.0 Å². The second-order valence-corrected chi connectivity index (χ2v) is 4.36. The van der Waals surface area contributed by atoms with E-state index in [2.05, 4.69) is 49.6 Å². The zero-order valence-corrected chi connectivity index (χ0v) is 11.7. The summed E-state index contributed by atoms with van der Waals surface area (Å²) in [7, 11) is 0. The highest BCUT2D eigenvalue weighted by atomic mass is 16.1. The third kappa shape index (κ3) is 4.06. The number of benzene rings is 1. The number of amides is 1. The van der Waals surface area contributed by atoms with Gasteiger partial charge in [-0.05, 0) is 30.4 Å². The minimum atomic E-state index is 0.0600. The Kier molecular flexibility index (Phi) is 6.26. The van der Waals surface area contributed by atoms with E-state index >= 15 is 0 Å². The van der Waals surface area contributed by atoms with Gasteiger partial charge < -0.3 is 10.6 Å². The average molecular weight is 248 g/mol. The Hall–Kier alpha value is -1.51. The topological polar surface area (TPSA) is 41.1 Å². The smallest absolute Gasteiger partial charge is 0.239 e. The predicted octanol–water partition coefficient (Wildman–Crippen LogP) is 2.75. The Morgan fingerprint density at radius 1 is 1.11 bits per heavy atom. The molecule has 2 N–H and O–H groups in total. The molecule has 0 saturated heterocycles. The summed E-state index contributed by atoms with van der Waals surface area (Å²) in [5, 5.41) is 6.16. The number of aryl methyl sites for hydroxylation is 2. The van der Waals surface area contributed by atoms with Crippen LogP contribution in [0.1, 0.15) is 38.3 Å². The van der Waals surface area contributed by atoms with E-state index in [0.29, 0.717) is 6.54 Å². The normalized spacial score (nSPS) is 10.2. The van der Waals surface area contributed by atoms with E-state index in [9.17, 15) is 4.79 Å².